The predicted octanol–water partition coefficient (Wildman–Crippen LogP) is 6.99. The summed E-state index contributed by atoms with van der Waals surface area (Å²) in [5, 5.41) is 12.4. The minimum absolute atomic E-state index is 0.0323. The maximum absolute atomic E-state index is 13.4. The van der Waals surface area contributed by atoms with Crippen molar-refractivity contribution in [2.45, 2.75) is 34.1 Å². The van der Waals surface area contributed by atoms with Gasteiger partial charge in [0, 0.05) is 29.1 Å². The van der Waals surface area contributed by atoms with Crippen LogP contribution in [0.15, 0.2) is 90.0 Å². The minimum Gasteiger partial charge on any atom is -0.454 e. The number of urea groups is 1. The molecule has 0 fully saturated rings. The molecule has 0 atom stereocenters. The number of aryl methyl sites for hydroxylation is 1. The SMILES string of the molecule is Cc1ccc(-n2nc(CC(C)(C)C)cc2NC(=O)Nc2ccc(Oc3ccnc4[nH]c(=O)cnc34)c3ccccc23)cc1. The van der Waals surface area contributed by atoms with Crippen molar-refractivity contribution >= 4 is 39.5 Å². The van der Waals surface area contributed by atoms with Gasteiger partial charge in [0.1, 0.15) is 17.1 Å². The van der Waals surface area contributed by atoms with Crippen molar-refractivity contribution < 1.29 is 9.53 Å². The van der Waals surface area contributed by atoms with Gasteiger partial charge in [0.15, 0.2) is 11.4 Å². The summed E-state index contributed by atoms with van der Waals surface area (Å²) in [6.45, 7) is 8.50. The Morgan fingerprint density at radius 3 is 2.47 bits per heavy atom. The van der Waals surface area contributed by atoms with E-state index in [9.17, 15) is 9.59 Å². The number of hydrogen-bond acceptors (Lipinski definition) is 6. The number of pyridine rings is 1. The van der Waals surface area contributed by atoms with E-state index in [2.05, 4.69) is 46.4 Å². The van der Waals surface area contributed by atoms with Crippen LogP contribution in [0.25, 0.3) is 27.6 Å². The second kappa shape index (κ2) is 11.1. The molecule has 216 valence electrons. The molecule has 6 aromatic rings. The highest BCUT2D eigenvalue weighted by Gasteiger charge is 2.19. The molecule has 43 heavy (non-hydrogen) atoms. The van der Waals surface area contributed by atoms with Gasteiger partial charge in [-0.25, -0.2) is 19.4 Å². The molecule has 0 aliphatic carbocycles. The van der Waals surface area contributed by atoms with Crippen molar-refractivity contribution in [1.29, 1.82) is 0 Å². The zero-order chi connectivity index (χ0) is 30.1. The fourth-order valence-electron chi connectivity index (χ4n) is 4.90. The van der Waals surface area contributed by atoms with Crippen LogP contribution in [0.4, 0.5) is 16.3 Å². The normalized spacial score (nSPS) is 11.5. The molecular formula is C33H31N7O3. The van der Waals surface area contributed by atoms with E-state index < -0.39 is 6.03 Å². The Morgan fingerprint density at radius 1 is 0.930 bits per heavy atom. The molecule has 0 unspecified atom stereocenters. The number of fused-ring (bicyclic) bond motifs is 2. The first-order chi connectivity index (χ1) is 20.6. The first-order valence-electron chi connectivity index (χ1n) is 13.9. The topological polar surface area (TPSA) is 127 Å². The Hall–Kier alpha value is -5.51. The van der Waals surface area contributed by atoms with Crippen LogP contribution >= 0.6 is 0 Å². The van der Waals surface area contributed by atoms with Crippen molar-refractivity contribution in [1.82, 2.24) is 24.7 Å². The molecule has 0 saturated heterocycles. The van der Waals surface area contributed by atoms with Gasteiger partial charge in [-0.3, -0.25) is 10.1 Å². The van der Waals surface area contributed by atoms with Crippen LogP contribution in [0.5, 0.6) is 11.5 Å². The van der Waals surface area contributed by atoms with E-state index in [1.54, 1.807) is 29.1 Å². The van der Waals surface area contributed by atoms with Crippen LogP contribution in [-0.4, -0.2) is 30.8 Å². The Bertz CT molecular complexity index is 2020. The number of anilines is 2. The third kappa shape index (κ3) is 6.08. The number of carbonyl (C=O) groups is 1. The lowest BCUT2D eigenvalue weighted by Gasteiger charge is -2.15. The highest BCUT2D eigenvalue weighted by atomic mass is 16.5. The fourth-order valence-corrected chi connectivity index (χ4v) is 4.90. The number of nitrogens with zero attached hydrogens (tertiary/aromatic N) is 4. The fraction of sp³-hybridized carbons (Fsp3) is 0.182. The number of rotatable bonds is 6. The molecule has 10 nitrogen and oxygen atoms in total. The molecule has 3 aromatic carbocycles. The molecule has 0 saturated carbocycles. The number of H-pyrrole nitrogens is 1. The van der Waals surface area contributed by atoms with Crippen LogP contribution in [0, 0.1) is 12.3 Å². The number of carbonyl (C=O) groups excluding carboxylic acids is 1. The summed E-state index contributed by atoms with van der Waals surface area (Å²) in [5.74, 6) is 1.58. The quantitative estimate of drug-likeness (QED) is 0.197. The molecule has 3 N–H and O–H groups in total. The van der Waals surface area contributed by atoms with Gasteiger partial charge in [-0.1, -0.05) is 62.7 Å². The number of aromatic amines is 1. The molecular weight excluding hydrogens is 542 g/mol. The van der Waals surface area contributed by atoms with Gasteiger partial charge in [0.2, 0.25) is 0 Å². The maximum Gasteiger partial charge on any atom is 0.324 e. The van der Waals surface area contributed by atoms with E-state index in [1.807, 2.05) is 61.5 Å². The largest absolute Gasteiger partial charge is 0.454 e. The first kappa shape index (κ1) is 27.6. The lowest BCUT2D eigenvalue weighted by atomic mass is 9.91. The summed E-state index contributed by atoms with van der Waals surface area (Å²) in [6.07, 6.45) is 3.50. The second-order valence-electron chi connectivity index (χ2n) is 11.6. The number of benzene rings is 3. The molecule has 0 aliphatic rings. The first-order valence-corrected chi connectivity index (χ1v) is 13.9. The maximum atomic E-state index is 13.4. The highest BCUT2D eigenvalue weighted by molar-refractivity contribution is 6.07. The number of nitrogens with one attached hydrogen (secondary N) is 3. The summed E-state index contributed by atoms with van der Waals surface area (Å²) >= 11 is 0. The number of hydrogen-bond donors (Lipinski definition) is 3. The molecule has 10 heteroatoms. The lowest BCUT2D eigenvalue weighted by Crippen LogP contribution is -2.21. The average Bonchev–Trinajstić information content (AvgIpc) is 3.34. The predicted molar refractivity (Wildman–Crippen MR) is 168 cm³/mol. The Kier molecular flexibility index (Phi) is 7.11. The van der Waals surface area contributed by atoms with Crippen LogP contribution < -0.4 is 20.9 Å². The van der Waals surface area contributed by atoms with Gasteiger partial charge >= 0.3 is 6.03 Å². The van der Waals surface area contributed by atoms with Crippen LogP contribution in [0.3, 0.4) is 0 Å². The number of ether oxygens (including phenoxy) is 1. The van der Waals surface area contributed by atoms with Crippen molar-refractivity contribution in [2.24, 2.45) is 5.41 Å². The van der Waals surface area contributed by atoms with E-state index in [0.717, 1.165) is 34.1 Å². The Morgan fingerprint density at radius 2 is 1.70 bits per heavy atom. The van der Waals surface area contributed by atoms with E-state index in [4.69, 9.17) is 9.84 Å². The van der Waals surface area contributed by atoms with Crippen LogP contribution in [0.1, 0.15) is 32.0 Å². The van der Waals surface area contributed by atoms with Crippen molar-refractivity contribution in [2.75, 3.05) is 10.6 Å². The zero-order valence-electron chi connectivity index (χ0n) is 24.3. The molecule has 2 amide bonds. The van der Waals surface area contributed by atoms with E-state index in [-0.39, 0.29) is 11.0 Å². The van der Waals surface area contributed by atoms with E-state index >= 15 is 0 Å². The van der Waals surface area contributed by atoms with Crippen molar-refractivity contribution in [3.63, 3.8) is 0 Å². The molecule has 3 heterocycles. The summed E-state index contributed by atoms with van der Waals surface area (Å²) in [6, 6.07) is 22.4. The smallest absolute Gasteiger partial charge is 0.324 e. The van der Waals surface area contributed by atoms with E-state index in [1.165, 1.54) is 6.20 Å². The molecule has 0 bridgehead atoms. The monoisotopic (exact) mass is 573 g/mol. The molecule has 0 radical (unpaired) electrons. The number of aromatic nitrogens is 5. The summed E-state index contributed by atoms with van der Waals surface area (Å²) in [5.41, 5.74) is 3.95. The van der Waals surface area contributed by atoms with Crippen LogP contribution in [-0.2, 0) is 6.42 Å². The van der Waals surface area contributed by atoms with Crippen molar-refractivity contribution in [3.8, 4) is 17.2 Å². The summed E-state index contributed by atoms with van der Waals surface area (Å²) < 4.78 is 8.01. The van der Waals surface area contributed by atoms with Gasteiger partial charge in [-0.2, -0.15) is 5.10 Å². The Balaban J connectivity index is 1.29. The van der Waals surface area contributed by atoms with E-state index in [0.29, 0.717) is 34.2 Å². The molecule has 0 aliphatic heterocycles. The van der Waals surface area contributed by atoms with Gasteiger partial charge in [-0.15, -0.1) is 0 Å². The molecule has 3 aromatic heterocycles. The third-order valence-electron chi connectivity index (χ3n) is 6.78. The highest BCUT2D eigenvalue weighted by Crippen LogP contribution is 2.36. The van der Waals surface area contributed by atoms with Crippen molar-refractivity contribution in [3.05, 3.63) is 107 Å². The summed E-state index contributed by atoms with van der Waals surface area (Å²) in [4.78, 5) is 36.1. The molecule has 6 rings (SSSR count). The van der Waals surface area contributed by atoms with Gasteiger partial charge in [0.05, 0.1) is 23.3 Å². The number of amides is 2. The standard InChI is InChI=1S/C33H31N7O3/c1-20-9-11-22(12-10-20)40-28(17-21(39-40)18-33(2,3)4)37-32(42)36-25-13-14-26(24-8-6-5-7-23(24)25)43-27-15-16-34-31-30(27)35-19-29(41)38-31/h5-17,19H,18H2,1-4H3,(H,34,38,41)(H2,36,37,42). The minimum atomic E-state index is -0.400. The van der Waals surface area contributed by atoms with Crippen LogP contribution in [0.2, 0.25) is 0 Å². The third-order valence-corrected chi connectivity index (χ3v) is 6.78. The van der Waals surface area contributed by atoms with Gasteiger partial charge in [-0.05, 0) is 43.0 Å². The van der Waals surface area contributed by atoms with Gasteiger partial charge in [0.25, 0.3) is 5.56 Å². The second-order valence-corrected chi connectivity index (χ2v) is 11.6. The van der Waals surface area contributed by atoms with Gasteiger partial charge < -0.3 is 15.0 Å². The zero-order valence-corrected chi connectivity index (χ0v) is 24.3. The lowest BCUT2D eigenvalue weighted by molar-refractivity contribution is 0.262. The molecule has 0 spiro atoms. The summed E-state index contributed by atoms with van der Waals surface area (Å²) in [7, 11) is 0. The average molecular weight is 574 g/mol. The Labute approximate surface area is 247 Å².